The molecule has 0 nitrogen and oxygen atoms in total. The predicted octanol–water partition coefficient (Wildman–Crippen LogP) is 27.9. The van der Waals surface area contributed by atoms with Gasteiger partial charge in [0, 0.05) is 60.5 Å². The lowest BCUT2D eigenvalue weighted by molar-refractivity contribution is 0.607. The maximum absolute atomic E-state index is 2.63. The summed E-state index contributed by atoms with van der Waals surface area (Å²) in [6, 6.07) is 65.9. The van der Waals surface area contributed by atoms with Crippen molar-refractivity contribution in [1.29, 1.82) is 0 Å². The smallest absolute Gasteiger partial charge is 0.0463 e. The van der Waals surface area contributed by atoms with Crippen LogP contribution in [0.4, 0.5) is 0 Å². The Balaban J connectivity index is 0.957. The second-order valence-electron chi connectivity index (χ2n) is 25.9. The van der Waals surface area contributed by atoms with Gasteiger partial charge in [-0.05, 0) is 189 Å². The lowest BCUT2D eigenvalue weighted by atomic mass is 9.90. The van der Waals surface area contributed by atoms with E-state index in [4.69, 9.17) is 0 Å². The van der Waals surface area contributed by atoms with Crippen LogP contribution in [0, 0.1) is 0 Å². The second-order valence-corrected chi connectivity index (χ2v) is 29.1. The minimum absolute atomic E-state index is 1.14. The fourth-order valence-corrected chi connectivity index (χ4v) is 19.9. The summed E-state index contributed by atoms with van der Waals surface area (Å²) >= 11 is 6.12. The molecule has 0 spiro atoms. The van der Waals surface area contributed by atoms with Crippen molar-refractivity contribution in [1.82, 2.24) is 0 Å². The molecule has 3 heterocycles. The van der Waals surface area contributed by atoms with Crippen LogP contribution in [0.3, 0.4) is 0 Å². The summed E-state index contributed by atoms with van der Waals surface area (Å²) in [5, 5.41) is 33.1. The molecule has 0 atom stereocenters. The Hall–Kier alpha value is -7.14. The Labute approximate surface area is 523 Å². The van der Waals surface area contributed by atoms with Gasteiger partial charge in [-0.1, -0.05) is 244 Å². The molecule has 0 aliphatic carbocycles. The van der Waals surface area contributed by atoms with E-state index in [-0.39, 0.29) is 0 Å². The molecular formula is C84H78S3. The van der Waals surface area contributed by atoms with Crippen LogP contribution in [-0.2, 0) is 19.3 Å². The van der Waals surface area contributed by atoms with Gasteiger partial charge in [-0.25, -0.2) is 0 Å². The zero-order valence-corrected chi connectivity index (χ0v) is 53.6. The van der Waals surface area contributed by atoms with Gasteiger partial charge in [-0.15, -0.1) is 34.0 Å². The molecule has 0 saturated carbocycles. The second kappa shape index (κ2) is 23.4. The van der Waals surface area contributed by atoms with E-state index in [1.165, 1.54) is 290 Å². The summed E-state index contributed by atoms with van der Waals surface area (Å²) in [6.45, 7) is 6.94. The third-order valence-corrected chi connectivity index (χ3v) is 23.8. The number of rotatable bonds is 21. The molecule has 13 aromatic carbocycles. The van der Waals surface area contributed by atoms with Gasteiger partial charge in [-0.3, -0.25) is 0 Å². The molecule has 432 valence electrons. The summed E-state index contributed by atoms with van der Waals surface area (Å²) in [5.41, 5.74) is 4.39. The number of aryl methyl sites for hydroxylation is 3. The van der Waals surface area contributed by atoms with Gasteiger partial charge in [-0.2, -0.15) is 0 Å². The molecule has 0 radical (unpaired) electrons. The number of thiophene rings is 3. The molecule has 0 N–H and O–H groups in total. The third kappa shape index (κ3) is 9.55. The standard InChI is InChI=1S/C84H78S3/c1-4-7-10-13-16-19-28-52-37-40-61-64(43-52)55-31-22-25-34-58(55)70-49-76-73(46-67(61)70)79-82(85-76)80-75-48-69-63-42-39-54(30-21-18-15-12-9-6-3)45-66(63)57-33-24-27-36-60(57)72(69)51-78(75)87-84(80)81-74-47-68-62-41-38-53(29-20-17-14-11-8-5-2)44-65(62)56-32-23-26-35-59(56)71(68)50-77(74)86-83(79)81/h22-27,31-51H,4-21,28-30H2,1-3H3. The number of hydrogen-bond donors (Lipinski definition) is 0. The normalized spacial score (nSPS) is 12.6. The lowest BCUT2D eigenvalue weighted by Gasteiger charge is -2.13. The minimum Gasteiger partial charge on any atom is -0.134 e. The van der Waals surface area contributed by atoms with Crippen LogP contribution in [0.15, 0.2) is 164 Å². The van der Waals surface area contributed by atoms with Gasteiger partial charge < -0.3 is 0 Å². The highest BCUT2D eigenvalue weighted by atomic mass is 32.1. The van der Waals surface area contributed by atoms with Crippen molar-refractivity contribution in [3.63, 3.8) is 0 Å². The molecule has 0 saturated heterocycles. The molecule has 3 aromatic heterocycles. The van der Waals surface area contributed by atoms with Crippen molar-refractivity contribution >= 4 is 191 Å². The van der Waals surface area contributed by atoms with Gasteiger partial charge >= 0.3 is 0 Å². The van der Waals surface area contributed by atoms with E-state index >= 15 is 0 Å². The Kier molecular flexibility index (Phi) is 14.9. The van der Waals surface area contributed by atoms with Crippen LogP contribution in [0.1, 0.15) is 153 Å². The van der Waals surface area contributed by atoms with Crippen molar-refractivity contribution in [3.05, 3.63) is 180 Å². The fraction of sp³-hybridized carbons (Fsp3) is 0.286. The molecule has 0 aliphatic rings. The Morgan fingerprint density at radius 1 is 0.207 bits per heavy atom. The van der Waals surface area contributed by atoms with Crippen LogP contribution < -0.4 is 0 Å². The van der Waals surface area contributed by atoms with Crippen LogP contribution in [0.25, 0.3) is 157 Å². The number of unbranched alkanes of at least 4 members (excludes halogenated alkanes) is 15. The van der Waals surface area contributed by atoms with E-state index < -0.39 is 0 Å². The molecule has 87 heavy (non-hydrogen) atoms. The minimum atomic E-state index is 1.14. The van der Waals surface area contributed by atoms with Crippen molar-refractivity contribution < 1.29 is 0 Å². The lowest BCUT2D eigenvalue weighted by Crippen LogP contribution is -1.89. The van der Waals surface area contributed by atoms with Crippen LogP contribution >= 0.6 is 34.0 Å². The summed E-state index contributed by atoms with van der Waals surface area (Å²) in [4.78, 5) is 0. The van der Waals surface area contributed by atoms with Gasteiger partial charge in [0.05, 0.1) is 0 Å². The SMILES string of the molecule is CCCCCCCCc1ccc2c(c1)c1ccccc1c1cc3sc4c(c3cc21)c1sc2cc3c5ccccc5c5cc(CCCCCCCC)ccc5c3cc2c1c1sc2cc3c5ccccc5c5cc(CCCCCCCC)ccc5c3cc2c41. The van der Waals surface area contributed by atoms with Gasteiger partial charge in [0.25, 0.3) is 0 Å². The molecule has 0 unspecified atom stereocenters. The van der Waals surface area contributed by atoms with E-state index in [9.17, 15) is 0 Å². The number of benzene rings is 13. The number of hydrogen-bond acceptors (Lipinski definition) is 3. The topological polar surface area (TPSA) is 0 Å². The molecule has 0 bridgehead atoms. The highest BCUT2D eigenvalue weighted by Gasteiger charge is 2.25. The van der Waals surface area contributed by atoms with Crippen molar-refractivity contribution in [3.8, 4) is 0 Å². The van der Waals surface area contributed by atoms with Crippen molar-refractivity contribution in [2.75, 3.05) is 0 Å². The van der Waals surface area contributed by atoms with Crippen LogP contribution in [0.2, 0.25) is 0 Å². The maximum Gasteiger partial charge on any atom is 0.0463 e. The van der Waals surface area contributed by atoms with E-state index in [1.807, 2.05) is 34.0 Å². The molecular weight excluding hydrogens is 1110 g/mol. The highest BCUT2D eigenvalue weighted by Crippen LogP contribution is 2.56. The third-order valence-electron chi connectivity index (χ3n) is 20.3. The Morgan fingerprint density at radius 3 is 0.713 bits per heavy atom. The van der Waals surface area contributed by atoms with E-state index in [0.717, 1.165) is 19.3 Å². The Morgan fingerprint density at radius 2 is 0.437 bits per heavy atom. The summed E-state index contributed by atoms with van der Waals surface area (Å²) in [7, 11) is 0. The molecule has 16 aromatic rings. The first-order valence-corrected chi connectivity index (χ1v) is 36.0. The largest absolute Gasteiger partial charge is 0.134 e. The molecule has 3 heteroatoms. The first-order valence-electron chi connectivity index (χ1n) is 33.6. The first kappa shape index (κ1) is 55.2. The van der Waals surface area contributed by atoms with Gasteiger partial charge in [0.15, 0.2) is 0 Å². The van der Waals surface area contributed by atoms with E-state index in [2.05, 4.69) is 185 Å². The predicted molar refractivity (Wildman–Crippen MR) is 394 cm³/mol. The highest BCUT2D eigenvalue weighted by molar-refractivity contribution is 7.34. The molecule has 0 aliphatic heterocycles. The fourth-order valence-electron chi connectivity index (χ4n) is 15.8. The van der Waals surface area contributed by atoms with Gasteiger partial charge in [0.1, 0.15) is 0 Å². The first-order chi connectivity index (χ1) is 43.0. The Bertz CT molecular complexity index is 4810. The molecule has 16 rings (SSSR count). The maximum atomic E-state index is 2.63. The monoisotopic (exact) mass is 1180 g/mol. The van der Waals surface area contributed by atoms with Gasteiger partial charge in [0.2, 0.25) is 0 Å². The quantitative estimate of drug-likeness (QED) is 0.0497. The van der Waals surface area contributed by atoms with Crippen molar-refractivity contribution in [2.45, 2.75) is 156 Å². The van der Waals surface area contributed by atoms with E-state index in [0.29, 0.717) is 0 Å². The summed E-state index contributed by atoms with van der Waals surface area (Å²) in [5.74, 6) is 0. The van der Waals surface area contributed by atoms with Crippen LogP contribution in [-0.4, -0.2) is 0 Å². The van der Waals surface area contributed by atoms with E-state index in [1.54, 1.807) is 0 Å². The molecule has 0 amide bonds. The summed E-state index contributed by atoms with van der Waals surface area (Å²) < 4.78 is 8.42. The van der Waals surface area contributed by atoms with Crippen LogP contribution in [0.5, 0.6) is 0 Å². The average molecular weight is 1180 g/mol. The molecule has 0 fully saturated rings. The zero-order chi connectivity index (χ0) is 58.1. The van der Waals surface area contributed by atoms with Crippen molar-refractivity contribution in [2.24, 2.45) is 0 Å². The summed E-state index contributed by atoms with van der Waals surface area (Å²) in [6.07, 6.45) is 27.1. The zero-order valence-electron chi connectivity index (χ0n) is 51.2. The number of fused-ring (bicyclic) bond motifs is 30. The average Bonchev–Trinajstić information content (AvgIpc) is 1.58.